The van der Waals surface area contributed by atoms with Crippen LogP contribution < -0.4 is 14.5 Å². The first-order valence-corrected chi connectivity index (χ1v) is 9.55. The Balaban J connectivity index is 2.16. The van der Waals surface area contributed by atoms with E-state index in [9.17, 15) is 21.6 Å². The molecule has 1 aromatic rings. The van der Waals surface area contributed by atoms with Gasteiger partial charge in [0.1, 0.15) is 5.82 Å². The maximum Gasteiger partial charge on any atom is 0.433 e. The van der Waals surface area contributed by atoms with Gasteiger partial charge in [0, 0.05) is 39.3 Å². The van der Waals surface area contributed by atoms with Gasteiger partial charge in [-0.25, -0.2) is 18.1 Å². The monoisotopic (exact) mass is 381 g/mol. The van der Waals surface area contributed by atoms with Crippen molar-refractivity contribution in [2.75, 3.05) is 42.7 Å². The van der Waals surface area contributed by atoms with Crippen molar-refractivity contribution in [2.45, 2.75) is 32.0 Å². The summed E-state index contributed by atoms with van der Waals surface area (Å²) in [5.41, 5.74) is -0.991. The van der Waals surface area contributed by atoms with Gasteiger partial charge in [0.25, 0.3) is 0 Å². The summed E-state index contributed by atoms with van der Waals surface area (Å²) in [6.07, 6.45) is -3.59. The molecular formula is C14H22F3N5O2S. The maximum absolute atomic E-state index is 13.1. The fourth-order valence-electron chi connectivity index (χ4n) is 2.47. The lowest BCUT2D eigenvalue weighted by Crippen LogP contribution is -2.45. The van der Waals surface area contributed by atoms with E-state index < -0.39 is 21.9 Å². The highest BCUT2D eigenvalue weighted by atomic mass is 32.2. The molecule has 2 heterocycles. The third kappa shape index (κ3) is 5.18. The second-order valence-corrected chi connectivity index (χ2v) is 8.13. The maximum atomic E-state index is 13.1. The molecule has 1 fully saturated rings. The second kappa shape index (κ2) is 7.32. The van der Waals surface area contributed by atoms with Crippen LogP contribution >= 0.6 is 0 Å². The van der Waals surface area contributed by atoms with E-state index in [-0.39, 0.29) is 23.6 Å². The highest BCUT2D eigenvalue weighted by Crippen LogP contribution is 2.31. The van der Waals surface area contributed by atoms with Gasteiger partial charge in [0.2, 0.25) is 16.0 Å². The molecule has 142 valence electrons. The van der Waals surface area contributed by atoms with E-state index in [2.05, 4.69) is 14.7 Å². The fourth-order valence-corrected chi connectivity index (χ4v) is 3.38. The van der Waals surface area contributed by atoms with Crippen LogP contribution in [0.2, 0.25) is 0 Å². The Kier molecular flexibility index (Phi) is 5.77. The third-order valence-corrected chi connectivity index (χ3v) is 5.41. The summed E-state index contributed by atoms with van der Waals surface area (Å²) >= 11 is 0. The van der Waals surface area contributed by atoms with Crippen molar-refractivity contribution < 1.29 is 21.6 Å². The van der Waals surface area contributed by atoms with E-state index >= 15 is 0 Å². The Bertz CT molecular complexity index is 701. The molecule has 11 heteroatoms. The molecule has 0 aromatic carbocycles. The van der Waals surface area contributed by atoms with Crippen LogP contribution in [0.25, 0.3) is 0 Å². The number of halogens is 3. The molecular weight excluding hydrogens is 359 g/mol. The van der Waals surface area contributed by atoms with E-state index in [0.29, 0.717) is 25.9 Å². The van der Waals surface area contributed by atoms with E-state index in [1.54, 1.807) is 25.9 Å². The van der Waals surface area contributed by atoms with Crippen LogP contribution in [0.4, 0.5) is 24.9 Å². The van der Waals surface area contributed by atoms with Crippen molar-refractivity contribution in [1.29, 1.82) is 0 Å². The largest absolute Gasteiger partial charge is 0.433 e. The molecule has 1 aliphatic heterocycles. The normalized spacial score (nSPS) is 17.0. The predicted octanol–water partition coefficient (Wildman–Crippen LogP) is 1.47. The minimum absolute atomic E-state index is 0.00382. The molecule has 7 nitrogen and oxygen atoms in total. The molecule has 1 aromatic heterocycles. The van der Waals surface area contributed by atoms with Gasteiger partial charge < -0.3 is 9.80 Å². The number of hydrogen-bond acceptors (Lipinski definition) is 6. The fraction of sp³-hybridized carbons (Fsp3) is 0.714. The standard InChI is InChI=1S/C14H22F3N5O2S/c1-4-25(23,24)20-10-5-7-22(8-6-10)13-18-11(14(15,16)17)9-12(19-13)21(2)3/h9-10,20H,4-8H2,1-3H3. The lowest BCUT2D eigenvalue weighted by atomic mass is 10.1. The number of nitrogens with zero attached hydrogens (tertiary/aromatic N) is 4. The zero-order valence-corrected chi connectivity index (χ0v) is 15.2. The summed E-state index contributed by atoms with van der Waals surface area (Å²) in [7, 11) is -0.0822. The first-order chi connectivity index (χ1) is 11.5. The van der Waals surface area contributed by atoms with E-state index in [0.717, 1.165) is 6.07 Å². The Morgan fingerprint density at radius 2 is 1.88 bits per heavy atom. The van der Waals surface area contributed by atoms with Crippen LogP contribution in [0.1, 0.15) is 25.5 Å². The van der Waals surface area contributed by atoms with Crippen molar-refractivity contribution in [3.05, 3.63) is 11.8 Å². The SMILES string of the molecule is CCS(=O)(=O)NC1CCN(c2nc(N(C)C)cc(C(F)(F)F)n2)CC1. The summed E-state index contributed by atoms with van der Waals surface area (Å²) in [5.74, 6) is 0.178. The molecule has 0 bridgehead atoms. The topological polar surface area (TPSA) is 78.4 Å². The number of aromatic nitrogens is 2. The Morgan fingerprint density at radius 3 is 2.36 bits per heavy atom. The van der Waals surface area contributed by atoms with Crippen LogP contribution in [-0.4, -0.2) is 57.4 Å². The lowest BCUT2D eigenvalue weighted by Gasteiger charge is -2.32. The van der Waals surface area contributed by atoms with Gasteiger partial charge in [-0.3, -0.25) is 0 Å². The summed E-state index contributed by atoms with van der Waals surface area (Å²) in [5, 5.41) is 0. The van der Waals surface area contributed by atoms with Gasteiger partial charge >= 0.3 is 6.18 Å². The van der Waals surface area contributed by atoms with E-state index in [1.165, 1.54) is 4.90 Å². The van der Waals surface area contributed by atoms with Crippen molar-refractivity contribution in [1.82, 2.24) is 14.7 Å². The van der Waals surface area contributed by atoms with Crippen LogP contribution in [-0.2, 0) is 16.2 Å². The van der Waals surface area contributed by atoms with Crippen molar-refractivity contribution in [3.8, 4) is 0 Å². The molecule has 0 amide bonds. The van der Waals surface area contributed by atoms with Crippen molar-refractivity contribution in [3.63, 3.8) is 0 Å². The molecule has 0 unspecified atom stereocenters. The molecule has 0 atom stereocenters. The van der Waals surface area contributed by atoms with E-state index in [4.69, 9.17) is 0 Å². The summed E-state index contributed by atoms with van der Waals surface area (Å²) in [6, 6.07) is 0.686. The number of sulfonamides is 1. The third-order valence-electron chi connectivity index (χ3n) is 3.95. The van der Waals surface area contributed by atoms with Crippen LogP contribution in [0, 0.1) is 0 Å². The average molecular weight is 381 g/mol. The predicted molar refractivity (Wildman–Crippen MR) is 89.2 cm³/mol. The molecule has 2 rings (SSSR count). The van der Waals surface area contributed by atoms with Crippen LogP contribution in [0.5, 0.6) is 0 Å². The van der Waals surface area contributed by atoms with Gasteiger partial charge in [-0.05, 0) is 19.8 Å². The van der Waals surface area contributed by atoms with Gasteiger partial charge in [0.05, 0.1) is 5.75 Å². The Morgan fingerprint density at radius 1 is 1.28 bits per heavy atom. The summed E-state index contributed by atoms with van der Waals surface area (Å²) in [4.78, 5) is 11.0. The second-order valence-electron chi connectivity index (χ2n) is 6.09. The van der Waals surface area contributed by atoms with Crippen LogP contribution in [0.15, 0.2) is 6.07 Å². The molecule has 0 spiro atoms. The van der Waals surface area contributed by atoms with Crippen molar-refractivity contribution >= 4 is 21.8 Å². The van der Waals surface area contributed by atoms with Crippen molar-refractivity contribution in [2.24, 2.45) is 0 Å². The first-order valence-electron chi connectivity index (χ1n) is 7.90. The van der Waals surface area contributed by atoms with Gasteiger partial charge in [-0.2, -0.15) is 18.2 Å². The molecule has 25 heavy (non-hydrogen) atoms. The number of hydrogen-bond donors (Lipinski definition) is 1. The minimum Gasteiger partial charge on any atom is -0.363 e. The number of anilines is 2. The molecule has 1 saturated heterocycles. The lowest BCUT2D eigenvalue weighted by molar-refractivity contribution is -0.141. The number of rotatable bonds is 5. The summed E-state index contributed by atoms with van der Waals surface area (Å²) in [6.45, 7) is 2.31. The average Bonchev–Trinajstić information content (AvgIpc) is 2.54. The summed E-state index contributed by atoms with van der Waals surface area (Å²) < 4.78 is 65.0. The van der Waals surface area contributed by atoms with Gasteiger partial charge in [-0.1, -0.05) is 0 Å². The smallest absolute Gasteiger partial charge is 0.363 e. The van der Waals surface area contributed by atoms with E-state index in [1.807, 2.05) is 0 Å². The molecule has 0 radical (unpaired) electrons. The number of nitrogens with one attached hydrogen (secondary N) is 1. The van der Waals surface area contributed by atoms with Gasteiger partial charge in [-0.15, -0.1) is 0 Å². The highest BCUT2D eigenvalue weighted by Gasteiger charge is 2.35. The minimum atomic E-state index is -4.56. The molecule has 1 aliphatic rings. The highest BCUT2D eigenvalue weighted by molar-refractivity contribution is 7.89. The van der Waals surface area contributed by atoms with Crippen LogP contribution in [0.3, 0.4) is 0 Å². The molecule has 1 N–H and O–H groups in total. The number of piperidine rings is 1. The zero-order valence-electron chi connectivity index (χ0n) is 14.3. The first kappa shape index (κ1) is 19.7. The molecule has 0 aliphatic carbocycles. The zero-order chi connectivity index (χ0) is 18.8. The quantitative estimate of drug-likeness (QED) is 0.832. The number of alkyl halides is 3. The Hall–Kier alpha value is -1.62. The molecule has 0 saturated carbocycles. The van der Waals surface area contributed by atoms with Gasteiger partial charge in [0.15, 0.2) is 5.69 Å². The Labute approximate surface area is 145 Å².